The number of imidazole rings is 1. The molecule has 3 nitrogen and oxygen atoms in total. The molecule has 0 aliphatic heterocycles. The van der Waals surface area contributed by atoms with Crippen LogP contribution in [0.25, 0.3) is 0 Å². The fourth-order valence-corrected chi connectivity index (χ4v) is 1.95. The zero-order valence-corrected chi connectivity index (χ0v) is 10.4. The van der Waals surface area contributed by atoms with E-state index in [0.29, 0.717) is 0 Å². The minimum absolute atomic E-state index is 0.907. The number of unbranched alkanes of at least 4 members (excludes halogenated alkanes) is 1. The van der Waals surface area contributed by atoms with Gasteiger partial charge in [0.1, 0.15) is 0 Å². The van der Waals surface area contributed by atoms with E-state index in [1.165, 1.54) is 6.42 Å². The molecule has 0 unspecified atom stereocenters. The molecule has 0 radical (unpaired) electrons. The summed E-state index contributed by atoms with van der Waals surface area (Å²) in [7, 11) is -1.29. The lowest BCUT2D eigenvalue weighted by Gasteiger charge is -2.16. The Morgan fingerprint density at radius 1 is 1.29 bits per heavy atom. The van der Waals surface area contributed by atoms with Crippen LogP contribution in [0.2, 0.25) is 19.6 Å². The summed E-state index contributed by atoms with van der Waals surface area (Å²) in [6, 6.07) is 0. The van der Waals surface area contributed by atoms with Gasteiger partial charge in [-0.15, -0.1) is 0 Å². The van der Waals surface area contributed by atoms with Crippen molar-refractivity contribution in [3.05, 3.63) is 18.7 Å². The summed E-state index contributed by atoms with van der Waals surface area (Å²) < 4.78 is 7.87. The Hall–Kier alpha value is -0.613. The van der Waals surface area contributed by atoms with E-state index in [0.717, 1.165) is 19.6 Å². The van der Waals surface area contributed by atoms with E-state index < -0.39 is 8.32 Å². The van der Waals surface area contributed by atoms with E-state index in [9.17, 15) is 0 Å². The smallest absolute Gasteiger partial charge is 0.183 e. The first-order chi connectivity index (χ1) is 6.58. The minimum Gasteiger partial charge on any atom is -0.418 e. The molecule has 1 rings (SSSR count). The van der Waals surface area contributed by atoms with Crippen molar-refractivity contribution in [2.24, 2.45) is 0 Å². The molecular formula is C10H20N2OSi. The van der Waals surface area contributed by atoms with Crippen molar-refractivity contribution in [2.75, 3.05) is 6.61 Å². The molecule has 1 aromatic rings. The number of hydrogen-bond acceptors (Lipinski definition) is 2. The average molecular weight is 212 g/mol. The highest BCUT2D eigenvalue weighted by molar-refractivity contribution is 6.69. The zero-order chi connectivity index (χ0) is 10.4. The van der Waals surface area contributed by atoms with Gasteiger partial charge in [-0.2, -0.15) is 0 Å². The first-order valence-corrected chi connectivity index (χ1v) is 8.58. The van der Waals surface area contributed by atoms with Gasteiger partial charge >= 0.3 is 0 Å². The second-order valence-electron chi connectivity index (χ2n) is 4.47. The molecule has 0 saturated heterocycles. The van der Waals surface area contributed by atoms with Crippen LogP contribution in [0.4, 0.5) is 0 Å². The third-order valence-electron chi connectivity index (χ3n) is 1.90. The maximum atomic E-state index is 5.76. The van der Waals surface area contributed by atoms with E-state index in [1.807, 2.05) is 18.7 Å². The van der Waals surface area contributed by atoms with Gasteiger partial charge in [-0.05, 0) is 32.5 Å². The Morgan fingerprint density at radius 3 is 2.64 bits per heavy atom. The van der Waals surface area contributed by atoms with Crippen molar-refractivity contribution in [3.8, 4) is 0 Å². The van der Waals surface area contributed by atoms with E-state index in [4.69, 9.17) is 4.43 Å². The molecule has 0 aromatic carbocycles. The van der Waals surface area contributed by atoms with Crippen LogP contribution in [0.1, 0.15) is 12.8 Å². The van der Waals surface area contributed by atoms with Crippen molar-refractivity contribution in [1.82, 2.24) is 9.55 Å². The molecule has 0 aliphatic carbocycles. The summed E-state index contributed by atoms with van der Waals surface area (Å²) in [5.41, 5.74) is 0. The molecule has 0 bridgehead atoms. The molecule has 0 aliphatic rings. The van der Waals surface area contributed by atoms with Gasteiger partial charge in [0.15, 0.2) is 8.32 Å². The molecule has 1 heterocycles. The van der Waals surface area contributed by atoms with Gasteiger partial charge in [0.2, 0.25) is 0 Å². The highest BCUT2D eigenvalue weighted by atomic mass is 28.4. The molecular weight excluding hydrogens is 192 g/mol. The summed E-state index contributed by atoms with van der Waals surface area (Å²) in [5.74, 6) is 0. The summed E-state index contributed by atoms with van der Waals surface area (Å²) in [5, 5.41) is 0. The summed E-state index contributed by atoms with van der Waals surface area (Å²) in [6.07, 6.45) is 7.99. The Kier molecular flexibility index (Phi) is 4.35. The van der Waals surface area contributed by atoms with Gasteiger partial charge in [-0.1, -0.05) is 0 Å². The summed E-state index contributed by atoms with van der Waals surface area (Å²) >= 11 is 0. The Bertz CT molecular complexity index is 241. The summed E-state index contributed by atoms with van der Waals surface area (Å²) in [4.78, 5) is 4.00. The van der Waals surface area contributed by atoms with Gasteiger partial charge in [0.25, 0.3) is 0 Å². The Morgan fingerprint density at radius 2 is 2.07 bits per heavy atom. The molecule has 1 aromatic heterocycles. The number of rotatable bonds is 6. The zero-order valence-electron chi connectivity index (χ0n) is 9.36. The van der Waals surface area contributed by atoms with Gasteiger partial charge in [0, 0.05) is 25.5 Å². The number of aromatic nitrogens is 2. The van der Waals surface area contributed by atoms with Crippen LogP contribution in [0.3, 0.4) is 0 Å². The van der Waals surface area contributed by atoms with Gasteiger partial charge in [-0.3, -0.25) is 0 Å². The largest absolute Gasteiger partial charge is 0.418 e. The normalized spacial score (nSPS) is 11.9. The van der Waals surface area contributed by atoms with Crippen molar-refractivity contribution < 1.29 is 4.43 Å². The second-order valence-corrected chi connectivity index (χ2v) is 8.98. The predicted octanol–water partition coefficient (Wildman–Crippen LogP) is 2.51. The molecule has 0 amide bonds. The molecule has 0 fully saturated rings. The highest BCUT2D eigenvalue weighted by Gasteiger charge is 2.12. The number of hydrogen-bond donors (Lipinski definition) is 0. The fraction of sp³-hybridized carbons (Fsp3) is 0.700. The lowest BCUT2D eigenvalue weighted by molar-refractivity contribution is 0.297. The van der Waals surface area contributed by atoms with Crippen LogP contribution in [0.5, 0.6) is 0 Å². The van der Waals surface area contributed by atoms with Crippen LogP contribution >= 0.6 is 0 Å². The van der Waals surface area contributed by atoms with Crippen LogP contribution in [-0.2, 0) is 11.0 Å². The van der Waals surface area contributed by atoms with Crippen LogP contribution < -0.4 is 0 Å². The third-order valence-corrected chi connectivity index (χ3v) is 2.98. The molecule has 0 saturated carbocycles. The Balaban J connectivity index is 2.00. The second kappa shape index (κ2) is 5.31. The highest BCUT2D eigenvalue weighted by Crippen LogP contribution is 2.04. The average Bonchev–Trinajstić information content (AvgIpc) is 2.54. The first kappa shape index (κ1) is 11.5. The van der Waals surface area contributed by atoms with Gasteiger partial charge < -0.3 is 8.99 Å². The molecule has 0 spiro atoms. The molecule has 80 valence electrons. The quantitative estimate of drug-likeness (QED) is 0.535. The van der Waals surface area contributed by atoms with E-state index >= 15 is 0 Å². The molecule has 14 heavy (non-hydrogen) atoms. The van der Waals surface area contributed by atoms with E-state index in [2.05, 4.69) is 29.2 Å². The van der Waals surface area contributed by atoms with E-state index in [-0.39, 0.29) is 0 Å². The molecule has 0 atom stereocenters. The fourth-order valence-electron chi connectivity index (χ4n) is 1.19. The van der Waals surface area contributed by atoms with Crippen LogP contribution in [0.15, 0.2) is 18.7 Å². The lowest BCUT2D eigenvalue weighted by atomic mass is 10.3. The molecule has 0 N–H and O–H groups in total. The number of nitrogens with zero attached hydrogens (tertiary/aromatic N) is 2. The van der Waals surface area contributed by atoms with Crippen molar-refractivity contribution in [1.29, 1.82) is 0 Å². The monoisotopic (exact) mass is 212 g/mol. The maximum absolute atomic E-state index is 5.76. The van der Waals surface area contributed by atoms with E-state index in [1.54, 1.807) is 0 Å². The van der Waals surface area contributed by atoms with Crippen molar-refractivity contribution in [3.63, 3.8) is 0 Å². The SMILES string of the molecule is C[Si](C)(C)OCCCCn1ccnc1. The summed E-state index contributed by atoms with van der Waals surface area (Å²) in [6.45, 7) is 8.63. The van der Waals surface area contributed by atoms with Crippen molar-refractivity contribution in [2.45, 2.75) is 39.0 Å². The molecule has 4 heteroatoms. The number of aryl methyl sites for hydroxylation is 1. The van der Waals surface area contributed by atoms with Crippen molar-refractivity contribution >= 4 is 8.32 Å². The Labute approximate surface area is 87.2 Å². The van der Waals surface area contributed by atoms with Gasteiger partial charge in [-0.25, -0.2) is 4.98 Å². The van der Waals surface area contributed by atoms with Gasteiger partial charge in [0.05, 0.1) is 6.33 Å². The predicted molar refractivity (Wildman–Crippen MR) is 60.8 cm³/mol. The minimum atomic E-state index is -1.29. The lowest BCUT2D eigenvalue weighted by Crippen LogP contribution is -2.25. The standard InChI is InChI=1S/C10H20N2OSi/c1-14(2,3)13-9-5-4-7-12-8-6-11-10-12/h6,8,10H,4-5,7,9H2,1-3H3. The maximum Gasteiger partial charge on any atom is 0.183 e. The first-order valence-electron chi connectivity index (χ1n) is 5.18. The topological polar surface area (TPSA) is 27.1 Å². The van der Waals surface area contributed by atoms with Crippen LogP contribution in [-0.4, -0.2) is 24.5 Å². The van der Waals surface area contributed by atoms with Crippen LogP contribution in [0, 0.1) is 0 Å². The third kappa shape index (κ3) is 5.19.